The minimum absolute atomic E-state index is 0.0320. The average Bonchev–Trinajstić information content (AvgIpc) is 3.00. The first-order chi connectivity index (χ1) is 12.0. The fourth-order valence-electron chi connectivity index (χ4n) is 2.92. The van der Waals surface area contributed by atoms with Crippen LogP contribution in [0.25, 0.3) is 5.57 Å². The number of rotatable bonds is 4. The van der Waals surface area contributed by atoms with E-state index >= 15 is 0 Å². The molecule has 1 aromatic carbocycles. The second-order valence-corrected chi connectivity index (χ2v) is 6.82. The van der Waals surface area contributed by atoms with Crippen LogP contribution >= 0.6 is 23.2 Å². The predicted octanol–water partition coefficient (Wildman–Crippen LogP) is 3.95. The number of benzene rings is 1. The summed E-state index contributed by atoms with van der Waals surface area (Å²) in [5, 5.41) is 3.73. The Hall–Kier alpha value is -2.04. The Balaban J connectivity index is 2.09. The fourth-order valence-corrected chi connectivity index (χ4v) is 3.34. The summed E-state index contributed by atoms with van der Waals surface area (Å²) in [7, 11) is 0. The van der Waals surface area contributed by atoms with E-state index < -0.39 is 0 Å². The Labute approximate surface area is 155 Å². The van der Waals surface area contributed by atoms with E-state index in [9.17, 15) is 9.59 Å². The Morgan fingerprint density at radius 2 is 2.00 bits per heavy atom. The highest BCUT2D eigenvalue weighted by Crippen LogP contribution is 2.28. The molecule has 1 saturated heterocycles. The third-order valence-electron chi connectivity index (χ3n) is 4.29. The summed E-state index contributed by atoms with van der Waals surface area (Å²) in [6, 6.07) is 9.08. The first-order valence-electron chi connectivity index (χ1n) is 8.17. The lowest BCUT2D eigenvalue weighted by Crippen LogP contribution is -2.23. The van der Waals surface area contributed by atoms with E-state index in [1.54, 1.807) is 12.1 Å². The Morgan fingerprint density at radius 1 is 1.20 bits per heavy atom. The topological polar surface area (TPSA) is 62.0 Å². The van der Waals surface area contributed by atoms with Crippen molar-refractivity contribution in [3.05, 3.63) is 73.6 Å². The lowest BCUT2D eigenvalue weighted by atomic mass is 9.97. The molecule has 1 aliphatic heterocycles. The molecule has 3 rings (SSSR count). The minimum atomic E-state index is -0.350. The molecule has 4 nitrogen and oxygen atoms in total. The van der Waals surface area contributed by atoms with Crippen LogP contribution in [0.15, 0.2) is 41.2 Å². The molecule has 1 atom stereocenters. The summed E-state index contributed by atoms with van der Waals surface area (Å²) in [5.74, 6) is 0.0320. The highest BCUT2D eigenvalue weighted by atomic mass is 35.5. The van der Waals surface area contributed by atoms with Crippen LogP contribution in [-0.2, 0) is 11.2 Å². The number of nitrogens with one attached hydrogen (secondary N) is 2. The van der Waals surface area contributed by atoms with Gasteiger partial charge in [0.1, 0.15) is 5.02 Å². The lowest BCUT2D eigenvalue weighted by molar-refractivity contribution is -0.119. The van der Waals surface area contributed by atoms with Crippen molar-refractivity contribution in [2.24, 2.45) is 0 Å². The summed E-state index contributed by atoms with van der Waals surface area (Å²) < 4.78 is 0. The van der Waals surface area contributed by atoms with Gasteiger partial charge >= 0.3 is 0 Å². The van der Waals surface area contributed by atoms with Crippen molar-refractivity contribution in [1.82, 2.24) is 10.3 Å². The van der Waals surface area contributed by atoms with Crippen LogP contribution in [0.5, 0.6) is 0 Å². The van der Waals surface area contributed by atoms with Gasteiger partial charge in [-0.2, -0.15) is 0 Å². The van der Waals surface area contributed by atoms with Crippen molar-refractivity contribution < 1.29 is 4.79 Å². The lowest BCUT2D eigenvalue weighted by Gasteiger charge is -2.13. The number of halogens is 2. The number of aryl methyl sites for hydroxylation is 1. The molecule has 25 heavy (non-hydrogen) atoms. The molecule has 1 aliphatic rings. The number of aromatic amines is 1. The number of carbonyl (C=O) groups is 1. The number of aromatic nitrogens is 1. The maximum Gasteiger partial charge on any atom is 0.267 e. The molecular weight excluding hydrogens is 359 g/mol. The number of pyridine rings is 1. The smallest absolute Gasteiger partial charge is 0.267 e. The van der Waals surface area contributed by atoms with Crippen molar-refractivity contribution in [1.29, 1.82) is 0 Å². The number of hydrogen-bond donors (Lipinski definition) is 2. The summed E-state index contributed by atoms with van der Waals surface area (Å²) in [6.45, 7) is 2.04. The number of H-pyrrole nitrogens is 1. The summed E-state index contributed by atoms with van der Waals surface area (Å²) >= 11 is 12.2. The van der Waals surface area contributed by atoms with Crippen LogP contribution in [0.1, 0.15) is 36.6 Å². The highest BCUT2D eigenvalue weighted by molar-refractivity contribution is 6.31. The SMILES string of the molecule is CCc1ccc(/C(=C\[C@H]2CCC(=O)N2)c2ccc(Cl)c(=O)[nH]2)cc1Cl. The molecule has 0 saturated carbocycles. The van der Waals surface area contributed by atoms with Crippen LogP contribution in [0.2, 0.25) is 10.0 Å². The van der Waals surface area contributed by atoms with E-state index in [0.29, 0.717) is 17.1 Å². The highest BCUT2D eigenvalue weighted by Gasteiger charge is 2.20. The van der Waals surface area contributed by atoms with E-state index in [2.05, 4.69) is 10.3 Å². The Kier molecular flexibility index (Phi) is 5.30. The molecule has 1 fully saturated rings. The van der Waals surface area contributed by atoms with Gasteiger partial charge in [0.05, 0.1) is 0 Å². The van der Waals surface area contributed by atoms with Crippen molar-refractivity contribution in [2.45, 2.75) is 32.2 Å². The van der Waals surface area contributed by atoms with E-state index in [1.165, 1.54) is 0 Å². The van der Waals surface area contributed by atoms with Gasteiger partial charge in [-0.1, -0.05) is 48.3 Å². The average molecular weight is 377 g/mol. The molecular formula is C19H18Cl2N2O2. The standard InChI is InChI=1S/C19H18Cl2N2O2/c1-2-11-3-4-12(9-16(11)21)14(10-13-5-8-18(24)22-13)17-7-6-15(20)19(25)23-17/h3-4,6-7,9-10,13H,2,5,8H2,1H3,(H,22,24)(H,23,25)/b14-10+/t13-/m1/s1. The van der Waals surface area contributed by atoms with Gasteiger partial charge in [0, 0.05) is 28.8 Å². The molecule has 130 valence electrons. The van der Waals surface area contributed by atoms with Crippen LogP contribution in [0.3, 0.4) is 0 Å². The zero-order valence-electron chi connectivity index (χ0n) is 13.7. The van der Waals surface area contributed by atoms with E-state index in [4.69, 9.17) is 23.2 Å². The quantitative estimate of drug-likeness (QED) is 0.848. The molecule has 1 aromatic heterocycles. The van der Waals surface area contributed by atoms with Gasteiger partial charge in [-0.3, -0.25) is 9.59 Å². The maximum atomic E-state index is 11.9. The van der Waals surface area contributed by atoms with E-state index in [-0.39, 0.29) is 22.5 Å². The van der Waals surface area contributed by atoms with Crippen molar-refractivity contribution in [3.8, 4) is 0 Å². The van der Waals surface area contributed by atoms with Gasteiger partial charge in [-0.25, -0.2) is 0 Å². The normalized spacial score (nSPS) is 17.6. The molecule has 0 radical (unpaired) electrons. The van der Waals surface area contributed by atoms with Crippen LogP contribution in [0, 0.1) is 0 Å². The maximum absolute atomic E-state index is 11.9. The first-order valence-corrected chi connectivity index (χ1v) is 8.92. The molecule has 0 bridgehead atoms. The zero-order chi connectivity index (χ0) is 18.0. The van der Waals surface area contributed by atoms with Gasteiger partial charge < -0.3 is 10.3 Å². The Morgan fingerprint density at radius 3 is 2.60 bits per heavy atom. The minimum Gasteiger partial charge on any atom is -0.350 e. The molecule has 0 unspecified atom stereocenters. The van der Waals surface area contributed by atoms with Gasteiger partial charge in [0.15, 0.2) is 0 Å². The molecule has 2 heterocycles. The molecule has 0 aliphatic carbocycles. The fraction of sp³-hybridized carbons (Fsp3) is 0.263. The van der Waals surface area contributed by atoms with E-state index in [1.807, 2.05) is 31.2 Å². The van der Waals surface area contributed by atoms with Crippen LogP contribution in [-0.4, -0.2) is 16.9 Å². The largest absolute Gasteiger partial charge is 0.350 e. The molecule has 1 amide bonds. The first kappa shape index (κ1) is 17.8. The second-order valence-electron chi connectivity index (χ2n) is 6.00. The van der Waals surface area contributed by atoms with Gasteiger partial charge in [-0.15, -0.1) is 0 Å². The van der Waals surface area contributed by atoms with Crippen molar-refractivity contribution in [3.63, 3.8) is 0 Å². The van der Waals surface area contributed by atoms with Crippen LogP contribution in [0.4, 0.5) is 0 Å². The van der Waals surface area contributed by atoms with Crippen LogP contribution < -0.4 is 10.9 Å². The summed E-state index contributed by atoms with van der Waals surface area (Å²) in [5.41, 5.74) is 3.03. The van der Waals surface area contributed by atoms with Gasteiger partial charge in [-0.05, 0) is 42.2 Å². The number of amides is 1. The third kappa shape index (κ3) is 3.97. The molecule has 6 heteroatoms. The molecule has 2 N–H and O–H groups in total. The zero-order valence-corrected chi connectivity index (χ0v) is 15.2. The Bertz CT molecular complexity index is 903. The number of hydrogen-bond acceptors (Lipinski definition) is 2. The molecule has 0 spiro atoms. The summed E-state index contributed by atoms with van der Waals surface area (Å²) in [4.78, 5) is 26.2. The van der Waals surface area contributed by atoms with Gasteiger partial charge in [0.25, 0.3) is 5.56 Å². The summed E-state index contributed by atoms with van der Waals surface area (Å²) in [6.07, 6.45) is 4.03. The van der Waals surface area contributed by atoms with E-state index in [0.717, 1.165) is 29.5 Å². The third-order valence-corrected chi connectivity index (χ3v) is 4.94. The predicted molar refractivity (Wildman–Crippen MR) is 101 cm³/mol. The molecule has 2 aromatic rings. The monoisotopic (exact) mass is 376 g/mol. The number of carbonyl (C=O) groups excluding carboxylic acids is 1. The second kappa shape index (κ2) is 7.46. The van der Waals surface area contributed by atoms with Gasteiger partial charge in [0.2, 0.25) is 5.91 Å². The van der Waals surface area contributed by atoms with Crippen molar-refractivity contribution >= 4 is 34.7 Å². The van der Waals surface area contributed by atoms with Crippen molar-refractivity contribution in [2.75, 3.05) is 0 Å².